The number of hydrogen-bond donors (Lipinski definition) is 1. The van der Waals surface area contributed by atoms with Gasteiger partial charge in [0.25, 0.3) is 5.91 Å². The van der Waals surface area contributed by atoms with Crippen LogP contribution in [-0.2, 0) is 6.54 Å². The quantitative estimate of drug-likeness (QED) is 0.699. The van der Waals surface area contributed by atoms with E-state index in [4.69, 9.17) is 0 Å². The minimum atomic E-state index is -0.0424. The van der Waals surface area contributed by atoms with E-state index in [1.54, 1.807) is 17.5 Å². The van der Waals surface area contributed by atoms with Crippen LogP contribution in [0.2, 0.25) is 0 Å². The van der Waals surface area contributed by atoms with Crippen molar-refractivity contribution in [3.05, 3.63) is 59.1 Å². The number of benzene rings is 1. The van der Waals surface area contributed by atoms with Gasteiger partial charge < -0.3 is 9.88 Å². The summed E-state index contributed by atoms with van der Waals surface area (Å²) in [5.74, 6) is 0.952. The first-order valence-corrected chi connectivity index (χ1v) is 8.80. The topological polar surface area (TPSA) is 59.8 Å². The number of amides is 1. The Balaban J connectivity index is 1.51. The molecule has 0 aliphatic carbocycles. The molecule has 1 amide bonds. The van der Waals surface area contributed by atoms with Gasteiger partial charge in [0.15, 0.2) is 0 Å². The van der Waals surface area contributed by atoms with Crippen LogP contribution < -0.4 is 5.32 Å². The molecule has 0 atom stereocenters. The number of carbonyl (C=O) groups excluding carboxylic acids is 1. The van der Waals surface area contributed by atoms with E-state index in [-0.39, 0.29) is 5.91 Å². The molecule has 1 aromatic carbocycles. The van der Waals surface area contributed by atoms with Gasteiger partial charge in [0.2, 0.25) is 0 Å². The summed E-state index contributed by atoms with van der Waals surface area (Å²) in [4.78, 5) is 20.8. The highest BCUT2D eigenvalue weighted by atomic mass is 32.1. The monoisotopic (exact) mass is 340 g/mol. The van der Waals surface area contributed by atoms with Crippen LogP contribution >= 0.6 is 11.3 Å². The molecule has 3 aromatic rings. The molecule has 5 nitrogen and oxygen atoms in total. The number of rotatable bonds is 6. The Bertz CT molecular complexity index is 820. The number of thiazole rings is 1. The molecule has 0 aliphatic heterocycles. The standard InChI is InChI=1S/C18H20N4OS/c1-13-12-24-18(21-13)16-6-4-15(5-7-16)17(23)20-8-3-10-22-11-9-19-14(22)2/h4-7,9,11-12H,3,8,10H2,1-2H3,(H,20,23). The first kappa shape index (κ1) is 16.4. The molecule has 3 rings (SSSR count). The number of aromatic nitrogens is 3. The van der Waals surface area contributed by atoms with Crippen LogP contribution in [0.3, 0.4) is 0 Å². The summed E-state index contributed by atoms with van der Waals surface area (Å²) in [6.07, 6.45) is 4.62. The van der Waals surface area contributed by atoms with E-state index in [0.29, 0.717) is 12.1 Å². The fourth-order valence-electron chi connectivity index (χ4n) is 2.44. The van der Waals surface area contributed by atoms with Crippen LogP contribution in [0.5, 0.6) is 0 Å². The van der Waals surface area contributed by atoms with Gasteiger partial charge in [-0.3, -0.25) is 4.79 Å². The maximum Gasteiger partial charge on any atom is 0.251 e. The largest absolute Gasteiger partial charge is 0.352 e. The summed E-state index contributed by atoms with van der Waals surface area (Å²) in [7, 11) is 0. The third-order valence-corrected chi connectivity index (χ3v) is 4.81. The minimum Gasteiger partial charge on any atom is -0.352 e. The van der Waals surface area contributed by atoms with E-state index in [1.807, 2.05) is 49.7 Å². The fourth-order valence-corrected chi connectivity index (χ4v) is 3.25. The molecule has 24 heavy (non-hydrogen) atoms. The average molecular weight is 340 g/mol. The number of nitrogens with one attached hydrogen (secondary N) is 1. The normalized spacial score (nSPS) is 10.8. The van der Waals surface area contributed by atoms with Crippen LogP contribution in [0.4, 0.5) is 0 Å². The van der Waals surface area contributed by atoms with Gasteiger partial charge in [0, 0.05) is 47.7 Å². The van der Waals surface area contributed by atoms with Gasteiger partial charge in [-0.15, -0.1) is 11.3 Å². The van der Waals surface area contributed by atoms with Gasteiger partial charge in [-0.2, -0.15) is 0 Å². The first-order valence-electron chi connectivity index (χ1n) is 7.92. The maximum absolute atomic E-state index is 12.2. The Hall–Kier alpha value is -2.47. The van der Waals surface area contributed by atoms with Crippen molar-refractivity contribution in [3.63, 3.8) is 0 Å². The lowest BCUT2D eigenvalue weighted by molar-refractivity contribution is 0.0953. The molecule has 0 spiro atoms. The van der Waals surface area contributed by atoms with Crippen molar-refractivity contribution < 1.29 is 4.79 Å². The van der Waals surface area contributed by atoms with Gasteiger partial charge in [-0.1, -0.05) is 12.1 Å². The van der Waals surface area contributed by atoms with E-state index < -0.39 is 0 Å². The Morgan fingerprint density at radius 2 is 2.04 bits per heavy atom. The smallest absolute Gasteiger partial charge is 0.251 e. The molecule has 124 valence electrons. The van der Waals surface area contributed by atoms with Crippen molar-refractivity contribution >= 4 is 17.2 Å². The van der Waals surface area contributed by atoms with Crippen molar-refractivity contribution in [1.82, 2.24) is 19.9 Å². The van der Waals surface area contributed by atoms with Gasteiger partial charge in [-0.05, 0) is 32.4 Å². The summed E-state index contributed by atoms with van der Waals surface area (Å²) in [5.41, 5.74) is 2.73. The molecular weight excluding hydrogens is 320 g/mol. The van der Waals surface area contributed by atoms with Crippen LogP contribution in [0, 0.1) is 13.8 Å². The zero-order chi connectivity index (χ0) is 16.9. The summed E-state index contributed by atoms with van der Waals surface area (Å²) in [5, 5.41) is 5.97. The van der Waals surface area contributed by atoms with E-state index >= 15 is 0 Å². The van der Waals surface area contributed by atoms with Crippen LogP contribution in [0.1, 0.15) is 28.3 Å². The number of aryl methyl sites for hydroxylation is 3. The highest BCUT2D eigenvalue weighted by Crippen LogP contribution is 2.23. The lowest BCUT2D eigenvalue weighted by Gasteiger charge is -2.07. The lowest BCUT2D eigenvalue weighted by atomic mass is 10.1. The third kappa shape index (κ3) is 3.89. The molecule has 1 N–H and O–H groups in total. The predicted molar refractivity (Wildman–Crippen MR) is 96.2 cm³/mol. The molecule has 2 heterocycles. The van der Waals surface area contributed by atoms with E-state index in [9.17, 15) is 4.79 Å². The molecule has 0 aliphatic rings. The highest BCUT2D eigenvalue weighted by Gasteiger charge is 2.07. The van der Waals surface area contributed by atoms with Crippen LogP contribution in [-0.4, -0.2) is 27.0 Å². The SMILES string of the molecule is Cc1csc(-c2ccc(C(=O)NCCCn3ccnc3C)cc2)n1. The number of imidazole rings is 1. The van der Waals surface area contributed by atoms with Crippen molar-refractivity contribution in [2.24, 2.45) is 0 Å². The first-order chi connectivity index (χ1) is 11.6. The Morgan fingerprint density at radius 1 is 1.25 bits per heavy atom. The minimum absolute atomic E-state index is 0.0424. The average Bonchev–Trinajstić information content (AvgIpc) is 3.20. The van der Waals surface area contributed by atoms with Gasteiger partial charge in [0.05, 0.1) is 0 Å². The second-order valence-electron chi connectivity index (χ2n) is 5.65. The fraction of sp³-hybridized carbons (Fsp3) is 0.278. The number of carbonyl (C=O) groups is 1. The van der Waals surface area contributed by atoms with Crippen molar-refractivity contribution in [2.45, 2.75) is 26.8 Å². The van der Waals surface area contributed by atoms with E-state index in [2.05, 4.69) is 19.9 Å². The Labute approximate surface area is 145 Å². The molecule has 0 bridgehead atoms. The van der Waals surface area contributed by atoms with Crippen LogP contribution in [0.15, 0.2) is 42.0 Å². The summed E-state index contributed by atoms with van der Waals surface area (Å²) >= 11 is 1.61. The van der Waals surface area contributed by atoms with Gasteiger partial charge >= 0.3 is 0 Å². The molecule has 0 unspecified atom stereocenters. The molecule has 0 fully saturated rings. The molecule has 6 heteroatoms. The lowest BCUT2D eigenvalue weighted by Crippen LogP contribution is -2.25. The zero-order valence-corrected chi connectivity index (χ0v) is 14.6. The molecule has 2 aromatic heterocycles. The third-order valence-electron chi connectivity index (χ3n) is 3.80. The zero-order valence-electron chi connectivity index (χ0n) is 13.8. The number of nitrogens with zero attached hydrogens (tertiary/aromatic N) is 3. The van der Waals surface area contributed by atoms with Crippen LogP contribution in [0.25, 0.3) is 10.6 Å². The van der Waals surface area contributed by atoms with Gasteiger partial charge in [0.1, 0.15) is 10.8 Å². The van der Waals surface area contributed by atoms with Crippen molar-refractivity contribution in [1.29, 1.82) is 0 Å². The Morgan fingerprint density at radius 3 is 2.67 bits per heavy atom. The predicted octanol–water partition coefficient (Wildman–Crippen LogP) is 3.44. The summed E-state index contributed by atoms with van der Waals surface area (Å²) < 4.78 is 2.08. The Kier molecular flexibility index (Phi) is 5.05. The molecule has 0 saturated heterocycles. The molecule has 0 radical (unpaired) electrons. The van der Waals surface area contributed by atoms with E-state index in [0.717, 1.165) is 35.1 Å². The number of hydrogen-bond acceptors (Lipinski definition) is 4. The molecular formula is C18H20N4OS. The summed E-state index contributed by atoms with van der Waals surface area (Å²) in [6.45, 7) is 5.45. The van der Waals surface area contributed by atoms with E-state index in [1.165, 1.54) is 0 Å². The second kappa shape index (κ2) is 7.40. The highest BCUT2D eigenvalue weighted by molar-refractivity contribution is 7.13. The van der Waals surface area contributed by atoms with Crippen molar-refractivity contribution in [3.8, 4) is 10.6 Å². The van der Waals surface area contributed by atoms with Crippen molar-refractivity contribution in [2.75, 3.05) is 6.54 Å². The molecule has 0 saturated carbocycles. The summed E-state index contributed by atoms with van der Waals surface area (Å²) in [6, 6.07) is 7.59. The second-order valence-corrected chi connectivity index (χ2v) is 6.51. The maximum atomic E-state index is 12.2. The van der Waals surface area contributed by atoms with Gasteiger partial charge in [-0.25, -0.2) is 9.97 Å².